The zero-order valence-corrected chi connectivity index (χ0v) is 10.6. The Bertz CT molecular complexity index is 331. The van der Waals surface area contributed by atoms with Crippen LogP contribution in [0.1, 0.15) is 34.1 Å². The van der Waals surface area contributed by atoms with Gasteiger partial charge in [-0.25, -0.2) is 0 Å². The van der Waals surface area contributed by atoms with Crippen molar-refractivity contribution < 1.29 is 24.2 Å². The molecule has 6 heteroatoms. The van der Waals surface area contributed by atoms with E-state index in [0.29, 0.717) is 24.5 Å². The largest absolute Gasteiger partial charge is 0.461 e. The number of aliphatic hydroxyl groups is 1. The van der Waals surface area contributed by atoms with Crippen LogP contribution in [0.3, 0.4) is 0 Å². The number of hydrogen-bond acceptors (Lipinski definition) is 6. The van der Waals surface area contributed by atoms with E-state index < -0.39 is 11.6 Å². The van der Waals surface area contributed by atoms with Crippen molar-refractivity contribution in [2.75, 3.05) is 6.61 Å². The van der Waals surface area contributed by atoms with Gasteiger partial charge in [-0.3, -0.25) is 0 Å². The Hall–Kier alpha value is -0.820. The number of hydrogen-bond donors (Lipinski definition) is 2. The SMILES string of the molecule is CC(C)(O)OC1C/C(=C2\COC(C)(C)O2)ON1. The Labute approximate surface area is 100 Å². The highest BCUT2D eigenvalue weighted by Gasteiger charge is 2.36. The fraction of sp³-hybridized carbons (Fsp3) is 0.818. The summed E-state index contributed by atoms with van der Waals surface area (Å²) in [5.74, 6) is -0.483. The van der Waals surface area contributed by atoms with E-state index in [4.69, 9.17) is 19.0 Å². The zero-order valence-electron chi connectivity index (χ0n) is 10.6. The molecule has 98 valence electrons. The quantitative estimate of drug-likeness (QED) is 0.707. The van der Waals surface area contributed by atoms with Gasteiger partial charge in [0.2, 0.25) is 5.79 Å². The normalized spacial score (nSPS) is 32.4. The highest BCUT2D eigenvalue weighted by molar-refractivity contribution is 5.08. The second-order valence-corrected chi connectivity index (χ2v) is 5.11. The van der Waals surface area contributed by atoms with Gasteiger partial charge in [0, 0.05) is 13.8 Å². The smallest absolute Gasteiger partial charge is 0.205 e. The maximum atomic E-state index is 9.52. The number of rotatable bonds is 2. The van der Waals surface area contributed by atoms with E-state index in [1.54, 1.807) is 13.8 Å². The lowest BCUT2D eigenvalue weighted by Crippen LogP contribution is -2.35. The van der Waals surface area contributed by atoms with E-state index in [-0.39, 0.29) is 6.23 Å². The average molecular weight is 245 g/mol. The number of nitrogens with one attached hydrogen (secondary N) is 1. The topological polar surface area (TPSA) is 69.2 Å². The summed E-state index contributed by atoms with van der Waals surface area (Å²) in [6, 6.07) is 0. The second-order valence-electron chi connectivity index (χ2n) is 5.11. The van der Waals surface area contributed by atoms with Crippen LogP contribution in [0.4, 0.5) is 0 Å². The van der Waals surface area contributed by atoms with Gasteiger partial charge < -0.3 is 24.2 Å². The monoisotopic (exact) mass is 245 g/mol. The van der Waals surface area contributed by atoms with E-state index >= 15 is 0 Å². The molecule has 2 fully saturated rings. The van der Waals surface area contributed by atoms with Crippen LogP contribution in [0.2, 0.25) is 0 Å². The van der Waals surface area contributed by atoms with Crippen molar-refractivity contribution in [2.45, 2.75) is 51.9 Å². The van der Waals surface area contributed by atoms with Crippen LogP contribution >= 0.6 is 0 Å². The molecule has 6 nitrogen and oxygen atoms in total. The minimum Gasteiger partial charge on any atom is -0.461 e. The van der Waals surface area contributed by atoms with Gasteiger partial charge in [-0.15, -0.1) is 5.48 Å². The summed E-state index contributed by atoms with van der Waals surface area (Å²) in [6.07, 6.45) is 0.114. The van der Waals surface area contributed by atoms with E-state index in [2.05, 4.69) is 5.48 Å². The third kappa shape index (κ3) is 3.32. The summed E-state index contributed by atoms with van der Waals surface area (Å²) in [7, 11) is 0. The molecule has 1 atom stereocenters. The summed E-state index contributed by atoms with van der Waals surface area (Å²) in [5.41, 5.74) is 2.69. The Morgan fingerprint density at radius 2 is 2.12 bits per heavy atom. The predicted molar refractivity (Wildman–Crippen MR) is 58.2 cm³/mol. The van der Waals surface area contributed by atoms with Crippen LogP contribution in [0.5, 0.6) is 0 Å². The van der Waals surface area contributed by atoms with Gasteiger partial charge in [-0.1, -0.05) is 0 Å². The molecule has 2 aliphatic heterocycles. The van der Waals surface area contributed by atoms with Crippen molar-refractivity contribution in [1.29, 1.82) is 0 Å². The number of ether oxygens (including phenoxy) is 3. The molecule has 2 N–H and O–H groups in total. The van der Waals surface area contributed by atoms with Crippen LogP contribution < -0.4 is 5.48 Å². The Morgan fingerprint density at radius 1 is 1.41 bits per heavy atom. The molecule has 0 bridgehead atoms. The van der Waals surface area contributed by atoms with E-state index in [1.807, 2.05) is 13.8 Å². The minimum absolute atomic E-state index is 0.384. The first-order chi connectivity index (χ1) is 7.75. The summed E-state index contributed by atoms with van der Waals surface area (Å²) in [6.45, 7) is 7.21. The van der Waals surface area contributed by atoms with Crippen LogP contribution in [-0.4, -0.2) is 29.5 Å². The molecule has 17 heavy (non-hydrogen) atoms. The highest BCUT2D eigenvalue weighted by atomic mass is 16.8. The third-order valence-electron chi connectivity index (χ3n) is 2.35. The van der Waals surface area contributed by atoms with E-state index in [0.717, 1.165) is 0 Å². The molecule has 0 amide bonds. The van der Waals surface area contributed by atoms with Gasteiger partial charge >= 0.3 is 0 Å². The van der Waals surface area contributed by atoms with Gasteiger partial charge in [-0.2, -0.15) is 0 Å². The standard InChI is InChI=1S/C11H19NO5/c1-10(2,13)16-9-5-7(17-12-9)8-6-14-11(3,4)15-8/h9,12-13H,5-6H2,1-4H3/b8-7-. The molecule has 0 radical (unpaired) electrons. The lowest BCUT2D eigenvalue weighted by Gasteiger charge is -2.21. The molecular formula is C11H19NO5. The molecule has 0 saturated carbocycles. The van der Waals surface area contributed by atoms with Crippen molar-refractivity contribution in [3.63, 3.8) is 0 Å². The van der Waals surface area contributed by atoms with Crippen molar-refractivity contribution in [2.24, 2.45) is 0 Å². The summed E-state index contributed by atoms with van der Waals surface area (Å²) in [5, 5.41) is 9.52. The second kappa shape index (κ2) is 4.13. The Balaban J connectivity index is 1.96. The lowest BCUT2D eigenvalue weighted by atomic mass is 10.3. The van der Waals surface area contributed by atoms with Gasteiger partial charge in [0.05, 0.1) is 6.42 Å². The molecule has 0 aromatic heterocycles. The fourth-order valence-corrected chi connectivity index (χ4v) is 1.71. The molecular weight excluding hydrogens is 226 g/mol. The van der Waals surface area contributed by atoms with Gasteiger partial charge in [0.15, 0.2) is 23.5 Å². The molecule has 1 unspecified atom stereocenters. The first kappa shape index (κ1) is 12.6. The summed E-state index contributed by atoms with van der Waals surface area (Å²) < 4.78 is 16.3. The van der Waals surface area contributed by atoms with E-state index in [1.165, 1.54) is 0 Å². The summed E-state index contributed by atoms with van der Waals surface area (Å²) >= 11 is 0. The molecule has 0 aliphatic carbocycles. The lowest BCUT2D eigenvalue weighted by molar-refractivity contribution is -0.218. The fourth-order valence-electron chi connectivity index (χ4n) is 1.71. The van der Waals surface area contributed by atoms with Crippen LogP contribution in [0.15, 0.2) is 11.5 Å². The highest BCUT2D eigenvalue weighted by Crippen LogP contribution is 2.31. The Morgan fingerprint density at radius 3 is 2.65 bits per heavy atom. The molecule has 2 saturated heterocycles. The summed E-state index contributed by atoms with van der Waals surface area (Å²) in [4.78, 5) is 5.28. The van der Waals surface area contributed by atoms with Crippen molar-refractivity contribution in [1.82, 2.24) is 5.48 Å². The molecule has 0 aromatic rings. The molecule has 0 spiro atoms. The van der Waals surface area contributed by atoms with Gasteiger partial charge in [0.1, 0.15) is 6.61 Å². The molecule has 2 aliphatic rings. The maximum Gasteiger partial charge on any atom is 0.205 e. The van der Waals surface area contributed by atoms with Crippen molar-refractivity contribution >= 4 is 0 Å². The van der Waals surface area contributed by atoms with Crippen LogP contribution in [0.25, 0.3) is 0 Å². The molecule has 0 aromatic carbocycles. The maximum absolute atomic E-state index is 9.52. The van der Waals surface area contributed by atoms with Crippen molar-refractivity contribution in [3.8, 4) is 0 Å². The first-order valence-corrected chi connectivity index (χ1v) is 5.63. The van der Waals surface area contributed by atoms with E-state index in [9.17, 15) is 5.11 Å². The molecule has 2 heterocycles. The van der Waals surface area contributed by atoms with Gasteiger partial charge in [0.25, 0.3) is 0 Å². The first-order valence-electron chi connectivity index (χ1n) is 5.63. The van der Waals surface area contributed by atoms with Crippen molar-refractivity contribution in [3.05, 3.63) is 11.5 Å². The van der Waals surface area contributed by atoms with Crippen LogP contribution in [0, 0.1) is 0 Å². The average Bonchev–Trinajstić information content (AvgIpc) is 2.69. The predicted octanol–water partition coefficient (Wildman–Crippen LogP) is 0.977. The van der Waals surface area contributed by atoms with Crippen LogP contribution in [-0.2, 0) is 19.0 Å². The third-order valence-corrected chi connectivity index (χ3v) is 2.35. The molecule has 2 rings (SSSR count). The number of hydroxylamine groups is 1. The Kier molecular flexibility index (Phi) is 3.07. The minimum atomic E-state index is -1.20. The van der Waals surface area contributed by atoms with Gasteiger partial charge in [-0.05, 0) is 13.8 Å². The zero-order chi connectivity index (χ0) is 12.7.